The van der Waals surface area contributed by atoms with Crippen LogP contribution in [0.3, 0.4) is 0 Å². The molecule has 104 valence electrons. The molecule has 1 aliphatic heterocycles. The first kappa shape index (κ1) is 14.3. The molecule has 0 radical (unpaired) electrons. The third-order valence-electron chi connectivity index (χ3n) is 2.93. The second kappa shape index (κ2) is 4.47. The van der Waals surface area contributed by atoms with Crippen LogP contribution in [0.1, 0.15) is 17.3 Å². The Bertz CT molecular complexity index is 631. The van der Waals surface area contributed by atoms with Crippen LogP contribution in [0.25, 0.3) is 0 Å². The minimum Gasteiger partial charge on any atom is -0.386 e. The summed E-state index contributed by atoms with van der Waals surface area (Å²) in [5.41, 5.74) is -0.609. The highest BCUT2D eigenvalue weighted by Gasteiger charge is 2.39. The van der Waals surface area contributed by atoms with Crippen molar-refractivity contribution in [3.8, 4) is 0 Å². The first-order valence-corrected chi connectivity index (χ1v) is 7.88. The summed E-state index contributed by atoms with van der Waals surface area (Å²) in [7, 11) is -3.48. The molecule has 0 aliphatic carbocycles. The van der Waals surface area contributed by atoms with Gasteiger partial charge in [0.1, 0.15) is 0 Å². The Morgan fingerprint density at radius 1 is 1.42 bits per heavy atom. The number of nitrogens with zero attached hydrogens (tertiary/aromatic N) is 1. The second-order valence-corrected chi connectivity index (χ2v) is 7.47. The van der Waals surface area contributed by atoms with Crippen LogP contribution in [0.15, 0.2) is 23.1 Å². The molecule has 7 heteroatoms. The van der Waals surface area contributed by atoms with Gasteiger partial charge < -0.3 is 10.0 Å². The number of benzene rings is 1. The maximum Gasteiger partial charge on any atom is 0.254 e. The highest BCUT2D eigenvalue weighted by Crippen LogP contribution is 2.26. The highest BCUT2D eigenvalue weighted by atomic mass is 35.5. The Hall–Kier alpha value is -1.11. The van der Waals surface area contributed by atoms with Crippen LogP contribution < -0.4 is 0 Å². The number of likely N-dealkylation sites (tertiary alicyclic amines) is 1. The number of sulfone groups is 1. The molecule has 1 fully saturated rings. The van der Waals surface area contributed by atoms with E-state index in [1.807, 2.05) is 0 Å². The van der Waals surface area contributed by atoms with Crippen LogP contribution >= 0.6 is 11.6 Å². The van der Waals surface area contributed by atoms with Gasteiger partial charge in [0.05, 0.1) is 28.6 Å². The molecule has 0 aromatic heterocycles. The summed E-state index contributed by atoms with van der Waals surface area (Å²) in [6.07, 6.45) is 1.04. The van der Waals surface area contributed by atoms with Gasteiger partial charge in [-0.15, -0.1) is 0 Å². The van der Waals surface area contributed by atoms with Gasteiger partial charge in [0, 0.05) is 11.8 Å². The maximum absolute atomic E-state index is 12.1. The fourth-order valence-electron chi connectivity index (χ4n) is 2.02. The van der Waals surface area contributed by atoms with Gasteiger partial charge in [-0.05, 0) is 25.1 Å². The molecule has 0 unspecified atom stereocenters. The van der Waals surface area contributed by atoms with E-state index >= 15 is 0 Å². The summed E-state index contributed by atoms with van der Waals surface area (Å²) in [6.45, 7) is 2.12. The SMILES string of the molecule is CC1(O)CN(C(=O)c2ccc(Cl)c(S(C)(=O)=O)c2)C1. The topological polar surface area (TPSA) is 74.7 Å². The van der Waals surface area contributed by atoms with E-state index in [1.54, 1.807) is 6.92 Å². The molecule has 1 aliphatic rings. The van der Waals surface area contributed by atoms with Gasteiger partial charge in [0.15, 0.2) is 9.84 Å². The number of β-amino-alcohol motifs (C(OH)–C–C–N with tert-alkyl or cyclic N) is 1. The van der Waals surface area contributed by atoms with Crippen molar-refractivity contribution in [1.29, 1.82) is 0 Å². The minimum absolute atomic E-state index is 0.0627. The molecule has 1 amide bonds. The molecular formula is C12H14ClNO4S. The molecule has 1 N–H and O–H groups in total. The predicted octanol–water partition coefficient (Wildman–Crippen LogP) is 0.950. The Morgan fingerprint density at radius 3 is 2.47 bits per heavy atom. The van der Waals surface area contributed by atoms with Gasteiger partial charge in [-0.3, -0.25) is 4.79 Å². The molecule has 2 rings (SSSR count). The van der Waals surface area contributed by atoms with E-state index in [0.717, 1.165) is 6.26 Å². The van der Waals surface area contributed by atoms with E-state index in [9.17, 15) is 18.3 Å². The number of carbonyl (C=O) groups is 1. The van der Waals surface area contributed by atoms with Crippen LogP contribution in [-0.2, 0) is 9.84 Å². The largest absolute Gasteiger partial charge is 0.386 e. The second-order valence-electron chi connectivity index (χ2n) is 5.08. The number of aliphatic hydroxyl groups is 1. The number of hydrogen-bond acceptors (Lipinski definition) is 4. The molecular weight excluding hydrogens is 290 g/mol. The van der Waals surface area contributed by atoms with Gasteiger partial charge in [-0.1, -0.05) is 11.6 Å². The predicted molar refractivity (Wildman–Crippen MR) is 71.1 cm³/mol. The Labute approximate surface area is 116 Å². The number of hydrogen-bond donors (Lipinski definition) is 1. The summed E-state index contributed by atoms with van der Waals surface area (Å²) in [5.74, 6) is -0.312. The number of halogens is 1. The number of carbonyl (C=O) groups excluding carboxylic acids is 1. The Balaban J connectivity index is 2.30. The van der Waals surface area contributed by atoms with Gasteiger partial charge in [0.2, 0.25) is 0 Å². The quantitative estimate of drug-likeness (QED) is 0.883. The molecule has 1 heterocycles. The first-order valence-electron chi connectivity index (χ1n) is 5.61. The third kappa shape index (κ3) is 2.91. The molecule has 0 saturated carbocycles. The van der Waals surface area contributed by atoms with E-state index < -0.39 is 15.4 Å². The molecule has 1 saturated heterocycles. The van der Waals surface area contributed by atoms with Crippen molar-refractivity contribution in [2.75, 3.05) is 19.3 Å². The van der Waals surface area contributed by atoms with Crippen molar-refractivity contribution < 1.29 is 18.3 Å². The summed E-state index contributed by atoms with van der Waals surface area (Å²) >= 11 is 5.81. The maximum atomic E-state index is 12.1. The van der Waals surface area contributed by atoms with Gasteiger partial charge in [0.25, 0.3) is 5.91 Å². The van der Waals surface area contributed by atoms with Crippen molar-refractivity contribution in [3.05, 3.63) is 28.8 Å². The van der Waals surface area contributed by atoms with Crippen LogP contribution in [0.5, 0.6) is 0 Å². The molecule has 1 aromatic rings. The zero-order valence-electron chi connectivity index (χ0n) is 10.6. The number of amides is 1. The summed E-state index contributed by atoms with van der Waals surface area (Å²) < 4.78 is 23.1. The smallest absolute Gasteiger partial charge is 0.254 e. The summed E-state index contributed by atoms with van der Waals surface area (Å²) in [4.78, 5) is 13.5. The van der Waals surface area contributed by atoms with Crippen molar-refractivity contribution >= 4 is 27.3 Å². The summed E-state index contributed by atoms with van der Waals surface area (Å²) in [5, 5.41) is 9.69. The lowest BCUT2D eigenvalue weighted by Gasteiger charge is -2.44. The van der Waals surface area contributed by atoms with E-state index in [1.165, 1.54) is 23.1 Å². The standard InChI is InChI=1S/C12H14ClNO4S/c1-12(16)6-14(7-12)11(15)8-3-4-9(13)10(5-8)19(2,17)18/h3-5,16H,6-7H2,1-2H3. The van der Waals surface area contributed by atoms with E-state index in [4.69, 9.17) is 11.6 Å². The van der Waals surface area contributed by atoms with Crippen LogP contribution in [0, 0.1) is 0 Å². The third-order valence-corrected chi connectivity index (χ3v) is 4.51. The monoisotopic (exact) mass is 303 g/mol. The van der Waals surface area contributed by atoms with Gasteiger partial charge >= 0.3 is 0 Å². The highest BCUT2D eigenvalue weighted by molar-refractivity contribution is 7.90. The number of rotatable bonds is 2. The fourth-order valence-corrected chi connectivity index (χ4v) is 3.32. The lowest BCUT2D eigenvalue weighted by molar-refractivity contribution is -0.0668. The zero-order valence-corrected chi connectivity index (χ0v) is 12.1. The fraction of sp³-hybridized carbons (Fsp3) is 0.417. The molecule has 19 heavy (non-hydrogen) atoms. The van der Waals surface area contributed by atoms with Crippen LogP contribution in [-0.4, -0.2) is 49.3 Å². The lowest BCUT2D eigenvalue weighted by Crippen LogP contribution is -2.61. The van der Waals surface area contributed by atoms with Gasteiger partial charge in [-0.2, -0.15) is 0 Å². The van der Waals surface area contributed by atoms with Crippen molar-refractivity contribution in [3.63, 3.8) is 0 Å². The molecule has 0 spiro atoms. The minimum atomic E-state index is -3.48. The van der Waals surface area contributed by atoms with E-state index in [-0.39, 0.29) is 34.5 Å². The molecule has 0 atom stereocenters. The van der Waals surface area contributed by atoms with Crippen LogP contribution in [0.2, 0.25) is 5.02 Å². The normalized spacial score (nSPS) is 18.0. The molecule has 0 bridgehead atoms. The van der Waals surface area contributed by atoms with Crippen molar-refractivity contribution in [2.45, 2.75) is 17.4 Å². The van der Waals surface area contributed by atoms with Crippen LogP contribution in [0.4, 0.5) is 0 Å². The van der Waals surface area contributed by atoms with Crippen molar-refractivity contribution in [1.82, 2.24) is 4.90 Å². The average molecular weight is 304 g/mol. The Kier molecular flexibility index (Phi) is 3.36. The summed E-state index contributed by atoms with van der Waals surface area (Å²) in [6, 6.07) is 4.14. The molecule has 5 nitrogen and oxygen atoms in total. The first-order chi connectivity index (χ1) is 8.60. The van der Waals surface area contributed by atoms with E-state index in [0.29, 0.717) is 0 Å². The average Bonchev–Trinajstić information content (AvgIpc) is 2.24. The zero-order chi connectivity index (χ0) is 14.4. The van der Waals surface area contributed by atoms with Crippen molar-refractivity contribution in [2.24, 2.45) is 0 Å². The Morgan fingerprint density at radius 2 is 2.00 bits per heavy atom. The molecule has 1 aromatic carbocycles. The lowest BCUT2D eigenvalue weighted by atomic mass is 9.96. The van der Waals surface area contributed by atoms with E-state index in [2.05, 4.69) is 0 Å². The van der Waals surface area contributed by atoms with Gasteiger partial charge in [-0.25, -0.2) is 8.42 Å².